The van der Waals surface area contributed by atoms with Crippen molar-refractivity contribution in [1.82, 2.24) is 10.2 Å². The number of likely N-dealkylation sites (tertiary alicyclic amines) is 1. The number of rotatable bonds is 2. The van der Waals surface area contributed by atoms with Gasteiger partial charge in [0.1, 0.15) is 6.04 Å². The zero-order chi connectivity index (χ0) is 15.9. The lowest BCUT2D eigenvalue weighted by Gasteiger charge is -2.33. The van der Waals surface area contributed by atoms with Crippen LogP contribution in [-0.2, 0) is 4.79 Å². The lowest BCUT2D eigenvalue weighted by Crippen LogP contribution is -2.47. The largest absolute Gasteiger partial charge is 0.355 e. The zero-order valence-corrected chi connectivity index (χ0v) is 13.7. The van der Waals surface area contributed by atoms with Gasteiger partial charge in [0.05, 0.1) is 0 Å². The molecule has 2 unspecified atom stereocenters. The Labute approximate surface area is 133 Å². The van der Waals surface area contributed by atoms with Crippen molar-refractivity contribution in [2.45, 2.75) is 52.0 Å². The Morgan fingerprint density at radius 3 is 2.86 bits per heavy atom. The number of hydrogen-bond donors (Lipinski definition) is 1. The summed E-state index contributed by atoms with van der Waals surface area (Å²) in [7, 11) is 0. The first-order valence-corrected chi connectivity index (χ1v) is 8.37. The van der Waals surface area contributed by atoms with Gasteiger partial charge in [-0.1, -0.05) is 38.7 Å². The lowest BCUT2D eigenvalue weighted by molar-refractivity contribution is -0.126. The van der Waals surface area contributed by atoms with E-state index in [9.17, 15) is 4.79 Å². The van der Waals surface area contributed by atoms with Gasteiger partial charge in [-0.05, 0) is 49.2 Å². The summed E-state index contributed by atoms with van der Waals surface area (Å²) in [6.45, 7) is 13.6. The predicted octanol–water partition coefficient (Wildman–Crippen LogP) is 3.67. The molecule has 2 heterocycles. The van der Waals surface area contributed by atoms with Crippen LogP contribution in [0, 0.1) is 5.92 Å². The number of piperidine rings is 1. The third-order valence-corrected chi connectivity index (χ3v) is 5.18. The number of allylic oxidation sites excluding steroid dienone is 4. The monoisotopic (exact) mass is 298 g/mol. The van der Waals surface area contributed by atoms with Crippen LogP contribution in [0.4, 0.5) is 0 Å². The zero-order valence-electron chi connectivity index (χ0n) is 13.7. The van der Waals surface area contributed by atoms with Gasteiger partial charge in [-0.3, -0.25) is 4.79 Å². The number of amides is 1. The van der Waals surface area contributed by atoms with Crippen LogP contribution in [0.5, 0.6) is 0 Å². The highest BCUT2D eigenvalue weighted by Crippen LogP contribution is 2.41. The Bertz CT molecular complexity index is 597. The van der Waals surface area contributed by atoms with Crippen LogP contribution in [0.1, 0.15) is 46.0 Å². The lowest BCUT2D eigenvalue weighted by atomic mass is 9.95. The molecule has 0 radical (unpaired) electrons. The molecule has 1 aliphatic carbocycles. The quantitative estimate of drug-likeness (QED) is 0.843. The minimum absolute atomic E-state index is 0.0708. The molecule has 3 nitrogen and oxygen atoms in total. The maximum Gasteiger partial charge on any atom is 0.246 e. The fourth-order valence-electron chi connectivity index (χ4n) is 3.88. The van der Waals surface area contributed by atoms with E-state index in [0.29, 0.717) is 5.92 Å². The molecule has 2 aliphatic heterocycles. The molecule has 22 heavy (non-hydrogen) atoms. The number of fused-ring (bicyclic) bond motifs is 1. The highest BCUT2D eigenvalue weighted by atomic mass is 16.2. The molecule has 0 aromatic rings. The summed E-state index contributed by atoms with van der Waals surface area (Å²) in [4.78, 5) is 14.5. The topological polar surface area (TPSA) is 32.3 Å². The van der Waals surface area contributed by atoms with Gasteiger partial charge in [0.25, 0.3) is 0 Å². The molecule has 2 fully saturated rings. The predicted molar refractivity (Wildman–Crippen MR) is 89.9 cm³/mol. The molecular weight excluding hydrogens is 272 g/mol. The first-order valence-electron chi connectivity index (χ1n) is 8.37. The van der Waals surface area contributed by atoms with Crippen LogP contribution in [0.15, 0.2) is 47.3 Å². The Morgan fingerprint density at radius 1 is 1.41 bits per heavy atom. The second kappa shape index (κ2) is 5.79. The maximum absolute atomic E-state index is 12.3. The van der Waals surface area contributed by atoms with Crippen molar-refractivity contribution < 1.29 is 4.79 Å². The molecule has 0 bridgehead atoms. The smallest absolute Gasteiger partial charge is 0.246 e. The highest BCUT2D eigenvalue weighted by Gasteiger charge is 2.37. The Balaban J connectivity index is 1.90. The van der Waals surface area contributed by atoms with Crippen LogP contribution >= 0.6 is 0 Å². The minimum atomic E-state index is -0.103. The van der Waals surface area contributed by atoms with Gasteiger partial charge in [-0.15, -0.1) is 0 Å². The molecule has 1 N–H and O–H groups in total. The van der Waals surface area contributed by atoms with Crippen molar-refractivity contribution in [2.75, 3.05) is 6.54 Å². The molecule has 2 atom stereocenters. The molecule has 3 aliphatic rings. The number of nitrogens with one attached hydrogen (secondary N) is 1. The van der Waals surface area contributed by atoms with E-state index in [-0.39, 0.29) is 11.9 Å². The first-order chi connectivity index (χ1) is 10.5. The van der Waals surface area contributed by atoms with Crippen molar-refractivity contribution in [1.29, 1.82) is 0 Å². The molecule has 118 valence electrons. The van der Waals surface area contributed by atoms with E-state index in [0.717, 1.165) is 43.6 Å². The summed E-state index contributed by atoms with van der Waals surface area (Å²) in [6.07, 6.45) is 7.39. The van der Waals surface area contributed by atoms with Crippen molar-refractivity contribution in [3.8, 4) is 0 Å². The fourth-order valence-corrected chi connectivity index (χ4v) is 3.88. The van der Waals surface area contributed by atoms with Crippen LogP contribution in [0.2, 0.25) is 0 Å². The average Bonchev–Trinajstić information content (AvgIpc) is 2.70. The first kappa shape index (κ1) is 15.1. The summed E-state index contributed by atoms with van der Waals surface area (Å²) in [6, 6.07) is -0.103. The van der Waals surface area contributed by atoms with Gasteiger partial charge in [0, 0.05) is 17.9 Å². The van der Waals surface area contributed by atoms with E-state index >= 15 is 0 Å². The molecule has 3 rings (SSSR count). The summed E-state index contributed by atoms with van der Waals surface area (Å²) < 4.78 is 0. The van der Waals surface area contributed by atoms with E-state index in [1.54, 1.807) is 5.57 Å². The average molecular weight is 298 g/mol. The molecule has 2 saturated heterocycles. The van der Waals surface area contributed by atoms with E-state index in [4.69, 9.17) is 0 Å². The summed E-state index contributed by atoms with van der Waals surface area (Å²) >= 11 is 0. The molecular formula is C19H26N2O. The van der Waals surface area contributed by atoms with Crippen molar-refractivity contribution in [3.63, 3.8) is 0 Å². The van der Waals surface area contributed by atoms with E-state index in [2.05, 4.69) is 43.3 Å². The summed E-state index contributed by atoms with van der Waals surface area (Å²) in [5.41, 5.74) is 6.12. The summed E-state index contributed by atoms with van der Waals surface area (Å²) in [5.74, 6) is 0.768. The van der Waals surface area contributed by atoms with E-state index in [1.165, 1.54) is 17.6 Å². The van der Waals surface area contributed by atoms with Gasteiger partial charge in [0.15, 0.2) is 0 Å². The fraction of sp³-hybridized carbons (Fsp3) is 0.526. The highest BCUT2D eigenvalue weighted by molar-refractivity contribution is 5.85. The van der Waals surface area contributed by atoms with Gasteiger partial charge in [-0.25, -0.2) is 0 Å². The molecule has 0 saturated carbocycles. The molecule has 0 spiro atoms. The number of hydrogen-bond acceptors (Lipinski definition) is 2. The van der Waals surface area contributed by atoms with Gasteiger partial charge >= 0.3 is 0 Å². The number of carbonyl (C=O) groups is 1. The van der Waals surface area contributed by atoms with Crippen LogP contribution in [0.3, 0.4) is 0 Å². The normalized spacial score (nSPS) is 29.3. The number of carbonyl (C=O) groups excluding carboxylic acids is 1. The van der Waals surface area contributed by atoms with E-state index < -0.39 is 0 Å². The SMILES string of the molecule is C=C1CCC(N2CC3=C(CC)CC(C)CC=C3C2=C)C(=O)N1. The summed E-state index contributed by atoms with van der Waals surface area (Å²) in [5, 5.41) is 2.90. The second-order valence-corrected chi connectivity index (χ2v) is 6.82. The third-order valence-electron chi connectivity index (χ3n) is 5.18. The van der Waals surface area contributed by atoms with Crippen LogP contribution in [-0.4, -0.2) is 23.4 Å². The molecule has 0 aromatic heterocycles. The Kier molecular flexibility index (Phi) is 3.98. The molecule has 3 heteroatoms. The third kappa shape index (κ3) is 2.53. The van der Waals surface area contributed by atoms with E-state index in [1.807, 2.05) is 0 Å². The molecule has 0 aromatic carbocycles. The van der Waals surface area contributed by atoms with Crippen LogP contribution in [0.25, 0.3) is 0 Å². The van der Waals surface area contributed by atoms with Crippen LogP contribution < -0.4 is 5.32 Å². The van der Waals surface area contributed by atoms with Crippen molar-refractivity contribution in [2.24, 2.45) is 5.92 Å². The van der Waals surface area contributed by atoms with Gasteiger partial charge < -0.3 is 10.2 Å². The maximum atomic E-state index is 12.3. The standard InChI is InChI=1S/C19H26N2O/c1-5-15-10-12(2)6-8-16-14(4)21(11-17(15)16)18-9-7-13(3)20-19(18)22/h8,12,18H,3-7,9-11H2,1-2H3,(H,20,22). The number of nitrogens with zero attached hydrogens (tertiary/aromatic N) is 1. The van der Waals surface area contributed by atoms with Crippen molar-refractivity contribution >= 4 is 5.91 Å². The minimum Gasteiger partial charge on any atom is -0.355 e. The second-order valence-electron chi connectivity index (χ2n) is 6.82. The van der Waals surface area contributed by atoms with Gasteiger partial charge in [-0.2, -0.15) is 0 Å². The van der Waals surface area contributed by atoms with Crippen molar-refractivity contribution in [3.05, 3.63) is 47.3 Å². The molecule has 1 amide bonds. The Hall–Kier alpha value is -1.77. The van der Waals surface area contributed by atoms with Gasteiger partial charge in [0.2, 0.25) is 5.91 Å². The Morgan fingerprint density at radius 2 is 2.18 bits per heavy atom.